The van der Waals surface area contributed by atoms with Gasteiger partial charge in [0.1, 0.15) is 10.6 Å². The quantitative estimate of drug-likeness (QED) is 0.339. The maximum absolute atomic E-state index is 12.7. The molecule has 0 saturated carbocycles. The lowest BCUT2D eigenvalue weighted by molar-refractivity contribution is -0.120. The predicted molar refractivity (Wildman–Crippen MR) is 116 cm³/mol. The van der Waals surface area contributed by atoms with Crippen molar-refractivity contribution in [2.45, 2.75) is 18.2 Å². The molecule has 0 aliphatic carbocycles. The molecule has 0 aliphatic heterocycles. The van der Waals surface area contributed by atoms with Crippen molar-refractivity contribution in [2.24, 2.45) is 5.10 Å². The number of aryl methyl sites for hydroxylation is 1. The summed E-state index contributed by atoms with van der Waals surface area (Å²) >= 11 is 5.92. The topological polar surface area (TPSA) is 84.8 Å². The molecule has 0 radical (unpaired) electrons. The third-order valence-corrected chi connectivity index (χ3v) is 5.59. The van der Waals surface area contributed by atoms with Crippen LogP contribution in [0.1, 0.15) is 16.7 Å². The second-order valence-electron chi connectivity index (χ2n) is 6.49. The standard InChI is InChI=1S/C22H19ClN2O4S/c1-16-10-11-21(30(27,28)29-20-8-3-2-4-9-20)18(12-16)15-24-25-22(26)14-17-6-5-7-19(23)13-17/h2-13,15H,14H2,1H3,(H,25,26)/b24-15+. The van der Waals surface area contributed by atoms with Crippen LogP contribution >= 0.6 is 11.6 Å². The molecular weight excluding hydrogens is 424 g/mol. The Bertz CT molecular complexity index is 1180. The smallest absolute Gasteiger partial charge is 0.339 e. The fourth-order valence-electron chi connectivity index (χ4n) is 2.69. The Kier molecular flexibility index (Phi) is 6.87. The van der Waals surface area contributed by atoms with Crippen molar-refractivity contribution in [1.29, 1.82) is 0 Å². The van der Waals surface area contributed by atoms with Gasteiger partial charge in [-0.2, -0.15) is 13.5 Å². The van der Waals surface area contributed by atoms with Crippen LogP contribution in [0.4, 0.5) is 0 Å². The average molecular weight is 443 g/mol. The zero-order valence-electron chi connectivity index (χ0n) is 16.1. The van der Waals surface area contributed by atoms with Gasteiger partial charge >= 0.3 is 10.1 Å². The molecule has 6 nitrogen and oxygen atoms in total. The molecular formula is C22H19ClN2O4S. The van der Waals surface area contributed by atoms with Gasteiger partial charge in [0.2, 0.25) is 5.91 Å². The van der Waals surface area contributed by atoms with Crippen LogP contribution < -0.4 is 9.61 Å². The number of rotatable bonds is 7. The molecule has 8 heteroatoms. The Morgan fingerprint density at radius 3 is 2.57 bits per heavy atom. The number of nitrogens with one attached hydrogen (secondary N) is 1. The van der Waals surface area contributed by atoms with Crippen LogP contribution in [-0.2, 0) is 21.3 Å². The number of hydrogen-bond acceptors (Lipinski definition) is 5. The van der Waals surface area contributed by atoms with Crippen LogP contribution in [0.25, 0.3) is 0 Å². The number of para-hydroxylation sites is 1. The van der Waals surface area contributed by atoms with Crippen molar-refractivity contribution in [2.75, 3.05) is 0 Å². The van der Waals surface area contributed by atoms with Gasteiger partial charge in [-0.15, -0.1) is 0 Å². The molecule has 0 fully saturated rings. The second kappa shape index (κ2) is 9.56. The minimum Gasteiger partial charge on any atom is -0.379 e. The first-order valence-electron chi connectivity index (χ1n) is 9.00. The highest BCUT2D eigenvalue weighted by molar-refractivity contribution is 7.87. The van der Waals surface area contributed by atoms with E-state index < -0.39 is 10.1 Å². The van der Waals surface area contributed by atoms with Gasteiger partial charge < -0.3 is 4.18 Å². The fraction of sp³-hybridized carbons (Fsp3) is 0.0909. The van der Waals surface area contributed by atoms with E-state index in [1.165, 1.54) is 12.3 Å². The molecule has 0 spiro atoms. The minimum atomic E-state index is -4.08. The predicted octanol–water partition coefficient (Wildman–Crippen LogP) is 4.11. The molecule has 0 aliphatic rings. The molecule has 0 heterocycles. The number of carbonyl (C=O) groups is 1. The molecule has 1 N–H and O–H groups in total. The van der Waals surface area contributed by atoms with E-state index >= 15 is 0 Å². The lowest BCUT2D eigenvalue weighted by Crippen LogP contribution is -2.20. The molecule has 0 aromatic heterocycles. The summed E-state index contributed by atoms with van der Waals surface area (Å²) in [6.45, 7) is 1.82. The van der Waals surface area contributed by atoms with Crippen LogP contribution in [0.15, 0.2) is 82.8 Å². The Hall–Kier alpha value is -3.16. The van der Waals surface area contributed by atoms with Crippen LogP contribution in [0.5, 0.6) is 5.75 Å². The number of hydrazone groups is 1. The highest BCUT2D eigenvalue weighted by atomic mass is 35.5. The fourth-order valence-corrected chi connectivity index (χ4v) is 3.99. The summed E-state index contributed by atoms with van der Waals surface area (Å²) in [5.74, 6) is -0.151. The molecule has 0 bridgehead atoms. The third kappa shape index (κ3) is 5.92. The van der Waals surface area contributed by atoms with Crippen molar-refractivity contribution < 1.29 is 17.4 Å². The Labute approximate surface area is 180 Å². The van der Waals surface area contributed by atoms with Crippen LogP contribution in [-0.4, -0.2) is 20.5 Å². The molecule has 3 rings (SSSR count). The summed E-state index contributed by atoms with van der Waals surface area (Å²) in [6, 6.07) is 19.9. The van der Waals surface area contributed by atoms with Crippen LogP contribution in [0.3, 0.4) is 0 Å². The number of amides is 1. The molecule has 30 heavy (non-hydrogen) atoms. The minimum absolute atomic E-state index is 0.0511. The Balaban J connectivity index is 1.75. The van der Waals surface area contributed by atoms with Crippen molar-refractivity contribution in [3.8, 4) is 5.75 Å². The number of hydrogen-bond donors (Lipinski definition) is 1. The van der Waals surface area contributed by atoms with Gasteiger partial charge in [-0.25, -0.2) is 5.43 Å². The van der Waals surface area contributed by atoms with E-state index in [-0.39, 0.29) is 23.0 Å². The van der Waals surface area contributed by atoms with Crippen molar-refractivity contribution in [3.63, 3.8) is 0 Å². The SMILES string of the molecule is Cc1ccc(S(=O)(=O)Oc2ccccc2)c(/C=N/NC(=O)Cc2cccc(Cl)c2)c1. The second-order valence-corrected chi connectivity index (χ2v) is 8.44. The number of halogens is 1. The summed E-state index contributed by atoms with van der Waals surface area (Å²) in [5, 5.41) is 4.44. The van der Waals surface area contributed by atoms with E-state index in [9.17, 15) is 13.2 Å². The molecule has 1 amide bonds. The van der Waals surface area contributed by atoms with E-state index in [4.69, 9.17) is 15.8 Å². The van der Waals surface area contributed by atoms with Crippen LogP contribution in [0.2, 0.25) is 5.02 Å². The summed E-state index contributed by atoms with van der Waals surface area (Å²) < 4.78 is 30.6. The van der Waals surface area contributed by atoms with Crippen molar-refractivity contribution in [3.05, 3.63) is 94.5 Å². The van der Waals surface area contributed by atoms with E-state index in [0.717, 1.165) is 11.1 Å². The Morgan fingerprint density at radius 1 is 1.07 bits per heavy atom. The molecule has 0 atom stereocenters. The zero-order valence-corrected chi connectivity index (χ0v) is 17.7. The monoisotopic (exact) mass is 442 g/mol. The maximum Gasteiger partial charge on any atom is 0.339 e. The van der Waals surface area contributed by atoms with Gasteiger partial charge in [0, 0.05) is 10.6 Å². The van der Waals surface area contributed by atoms with Crippen molar-refractivity contribution >= 4 is 33.8 Å². The van der Waals surface area contributed by atoms with E-state index in [1.54, 1.807) is 66.7 Å². The normalized spacial score (nSPS) is 11.4. The first-order valence-corrected chi connectivity index (χ1v) is 10.8. The van der Waals surface area contributed by atoms with E-state index in [0.29, 0.717) is 10.6 Å². The Morgan fingerprint density at radius 2 is 1.83 bits per heavy atom. The lowest BCUT2D eigenvalue weighted by Gasteiger charge is -2.10. The largest absolute Gasteiger partial charge is 0.379 e. The molecule has 0 saturated heterocycles. The third-order valence-electron chi connectivity index (χ3n) is 4.03. The summed E-state index contributed by atoms with van der Waals surface area (Å²) in [7, 11) is -4.08. The van der Waals surface area contributed by atoms with Gasteiger partial charge in [0.05, 0.1) is 12.6 Å². The first kappa shape index (κ1) is 21.5. The van der Waals surface area contributed by atoms with Crippen LogP contribution in [0, 0.1) is 6.92 Å². The summed E-state index contributed by atoms with van der Waals surface area (Å²) in [4.78, 5) is 12.0. The number of carbonyl (C=O) groups excluding carboxylic acids is 1. The van der Waals surface area contributed by atoms with Gasteiger partial charge in [-0.05, 0) is 48.9 Å². The zero-order chi connectivity index (χ0) is 21.6. The van der Waals surface area contributed by atoms with Gasteiger partial charge in [0.15, 0.2) is 0 Å². The number of benzene rings is 3. The van der Waals surface area contributed by atoms with E-state index in [1.807, 2.05) is 6.92 Å². The molecule has 154 valence electrons. The van der Waals surface area contributed by atoms with E-state index in [2.05, 4.69) is 10.5 Å². The molecule has 3 aromatic rings. The maximum atomic E-state index is 12.7. The van der Waals surface area contributed by atoms with Gasteiger partial charge in [0.25, 0.3) is 0 Å². The highest BCUT2D eigenvalue weighted by Crippen LogP contribution is 2.21. The first-order chi connectivity index (χ1) is 14.3. The van der Waals surface area contributed by atoms with Gasteiger partial charge in [-0.1, -0.05) is 53.6 Å². The molecule has 0 unspecified atom stereocenters. The number of nitrogens with zero attached hydrogens (tertiary/aromatic N) is 1. The molecule has 3 aromatic carbocycles. The average Bonchev–Trinajstić information content (AvgIpc) is 2.68. The summed E-state index contributed by atoms with van der Waals surface area (Å²) in [6.07, 6.45) is 1.37. The highest BCUT2D eigenvalue weighted by Gasteiger charge is 2.20. The summed E-state index contributed by atoms with van der Waals surface area (Å²) in [5.41, 5.74) is 4.27. The lowest BCUT2D eigenvalue weighted by atomic mass is 10.1. The van der Waals surface area contributed by atoms with Crippen molar-refractivity contribution in [1.82, 2.24) is 5.43 Å². The van der Waals surface area contributed by atoms with Gasteiger partial charge in [-0.3, -0.25) is 4.79 Å².